The number of carbonyl (C=O) groups excluding carboxylic acids is 4. The van der Waals surface area contributed by atoms with Gasteiger partial charge in [0.2, 0.25) is 29.7 Å². The van der Waals surface area contributed by atoms with Gasteiger partial charge >= 0.3 is 0 Å². The molecular formula is C43H39N11O4. The lowest BCUT2D eigenvalue weighted by Gasteiger charge is -2.26. The van der Waals surface area contributed by atoms with Gasteiger partial charge in [-0.25, -0.2) is 0 Å². The number of nitrogens with one attached hydrogen (secondary N) is 5. The fourth-order valence-corrected chi connectivity index (χ4v) is 7.38. The summed E-state index contributed by atoms with van der Waals surface area (Å²) in [5, 5.41) is 15.6. The highest BCUT2D eigenvalue weighted by atomic mass is 16.1. The van der Waals surface area contributed by atoms with Crippen LogP contribution in [0.25, 0.3) is 11.1 Å². The molecule has 290 valence electrons. The molecule has 0 bridgehead atoms. The lowest BCUT2D eigenvalue weighted by Crippen LogP contribution is -2.26. The summed E-state index contributed by atoms with van der Waals surface area (Å²) in [4.78, 5) is 85.6. The van der Waals surface area contributed by atoms with Crippen molar-refractivity contribution in [3.8, 4) is 11.1 Å². The number of rotatable bonds is 13. The van der Waals surface area contributed by atoms with Crippen molar-refractivity contribution in [1.82, 2.24) is 29.9 Å². The summed E-state index contributed by atoms with van der Waals surface area (Å²) in [6, 6.07) is 20.1. The molecule has 0 unspecified atom stereocenters. The number of aromatic nitrogens is 6. The Hall–Kier alpha value is -7.42. The van der Waals surface area contributed by atoms with Crippen molar-refractivity contribution in [3.63, 3.8) is 0 Å². The molecule has 0 amide bonds. The maximum Gasteiger partial charge on any atom is 0.233 e. The number of carbonyl (C=O) groups is 4. The Kier molecular flexibility index (Phi) is 10.1. The second-order valence-electron chi connectivity index (χ2n) is 13.5. The minimum absolute atomic E-state index is 0.0821. The highest BCUT2D eigenvalue weighted by molar-refractivity contribution is 6.34. The molecule has 2 heterocycles. The molecule has 2 aliphatic rings. The van der Waals surface area contributed by atoms with Crippen LogP contribution in [-0.2, 0) is 6.42 Å². The van der Waals surface area contributed by atoms with Gasteiger partial charge in [-0.2, -0.15) is 29.9 Å². The monoisotopic (exact) mass is 773 g/mol. The zero-order valence-corrected chi connectivity index (χ0v) is 32.3. The number of ketones is 4. The van der Waals surface area contributed by atoms with Crippen molar-refractivity contribution < 1.29 is 19.2 Å². The van der Waals surface area contributed by atoms with Crippen LogP contribution in [0.4, 0.5) is 35.4 Å². The molecule has 58 heavy (non-hydrogen) atoms. The maximum atomic E-state index is 14.7. The van der Waals surface area contributed by atoms with E-state index < -0.39 is 11.6 Å². The summed E-state index contributed by atoms with van der Waals surface area (Å²) >= 11 is 0. The topological polar surface area (TPSA) is 206 Å². The zero-order valence-electron chi connectivity index (χ0n) is 32.3. The van der Waals surface area contributed by atoms with Gasteiger partial charge in [0, 0.05) is 71.5 Å². The Morgan fingerprint density at radius 3 is 1.24 bits per heavy atom. The van der Waals surface area contributed by atoms with Crippen LogP contribution < -0.4 is 26.6 Å². The second-order valence-corrected chi connectivity index (χ2v) is 13.5. The Morgan fingerprint density at radius 2 is 0.776 bits per heavy atom. The van der Waals surface area contributed by atoms with Gasteiger partial charge in [0.25, 0.3) is 0 Å². The first kappa shape index (κ1) is 37.5. The molecular weight excluding hydrogens is 735 g/mol. The van der Waals surface area contributed by atoms with Crippen LogP contribution in [0.3, 0.4) is 0 Å². The van der Waals surface area contributed by atoms with E-state index in [0.29, 0.717) is 72.5 Å². The molecule has 0 aliphatic heterocycles. The van der Waals surface area contributed by atoms with E-state index in [9.17, 15) is 19.2 Å². The molecule has 4 aromatic carbocycles. The molecule has 0 saturated carbocycles. The zero-order chi connectivity index (χ0) is 40.5. The van der Waals surface area contributed by atoms with Crippen LogP contribution >= 0.6 is 0 Å². The molecule has 15 nitrogen and oxygen atoms in total. The van der Waals surface area contributed by atoms with E-state index in [2.05, 4.69) is 56.5 Å². The maximum absolute atomic E-state index is 14.7. The molecule has 2 aromatic heterocycles. The fraction of sp³-hybridized carbons (Fsp3) is 0.209. The summed E-state index contributed by atoms with van der Waals surface area (Å²) in [6.45, 7) is 9.96. The Labute approximate surface area is 333 Å². The van der Waals surface area contributed by atoms with Gasteiger partial charge in [0.05, 0.1) is 11.3 Å². The van der Waals surface area contributed by atoms with Crippen LogP contribution in [0, 0.1) is 0 Å². The van der Waals surface area contributed by atoms with Gasteiger partial charge in [-0.1, -0.05) is 66.7 Å². The van der Waals surface area contributed by atoms with E-state index in [4.69, 9.17) is 0 Å². The molecule has 0 fully saturated rings. The van der Waals surface area contributed by atoms with E-state index in [-0.39, 0.29) is 74.1 Å². The molecule has 15 heteroatoms. The van der Waals surface area contributed by atoms with Crippen LogP contribution in [0.1, 0.15) is 103 Å². The van der Waals surface area contributed by atoms with Gasteiger partial charge < -0.3 is 26.6 Å². The lowest BCUT2D eigenvalue weighted by atomic mass is 9.75. The van der Waals surface area contributed by atoms with Crippen molar-refractivity contribution in [2.75, 3.05) is 52.8 Å². The van der Waals surface area contributed by atoms with Crippen LogP contribution in [0.15, 0.2) is 72.8 Å². The largest absolute Gasteiger partial charge is 0.354 e. The molecule has 0 spiro atoms. The van der Waals surface area contributed by atoms with Crippen LogP contribution in [-0.4, -0.2) is 79.2 Å². The summed E-state index contributed by atoms with van der Waals surface area (Å²) in [5.41, 5.74) is 2.89. The van der Waals surface area contributed by atoms with Crippen molar-refractivity contribution in [2.45, 2.75) is 34.1 Å². The average Bonchev–Trinajstić information content (AvgIpc) is 3.22. The predicted octanol–water partition coefficient (Wildman–Crippen LogP) is 6.34. The number of fused-ring (bicyclic) bond motifs is 4. The predicted molar refractivity (Wildman–Crippen MR) is 221 cm³/mol. The van der Waals surface area contributed by atoms with Gasteiger partial charge in [-0.15, -0.1) is 0 Å². The first-order chi connectivity index (χ1) is 28.2. The van der Waals surface area contributed by atoms with Crippen molar-refractivity contribution in [3.05, 3.63) is 129 Å². The first-order valence-electron chi connectivity index (χ1n) is 19.2. The number of hydrogen-bond acceptors (Lipinski definition) is 15. The second kappa shape index (κ2) is 15.6. The van der Waals surface area contributed by atoms with Crippen LogP contribution in [0.5, 0.6) is 0 Å². The third kappa shape index (κ3) is 6.65. The van der Waals surface area contributed by atoms with Crippen molar-refractivity contribution in [1.29, 1.82) is 0 Å². The average molecular weight is 774 g/mol. The minimum Gasteiger partial charge on any atom is -0.354 e. The Morgan fingerprint density at radius 1 is 0.397 bits per heavy atom. The van der Waals surface area contributed by atoms with Gasteiger partial charge in [0.15, 0.2) is 23.1 Å². The lowest BCUT2D eigenvalue weighted by molar-refractivity contribution is 0.0978. The Bertz CT molecular complexity index is 2450. The summed E-state index contributed by atoms with van der Waals surface area (Å²) < 4.78 is 0. The van der Waals surface area contributed by atoms with E-state index >= 15 is 0 Å². The van der Waals surface area contributed by atoms with Gasteiger partial charge in [-0.05, 0) is 50.5 Å². The minimum atomic E-state index is -0.411. The quantitative estimate of drug-likeness (QED) is 0.0867. The van der Waals surface area contributed by atoms with Gasteiger partial charge in [-0.3, -0.25) is 19.2 Å². The molecule has 0 atom stereocenters. The van der Waals surface area contributed by atoms with Crippen molar-refractivity contribution >= 4 is 58.6 Å². The van der Waals surface area contributed by atoms with Crippen LogP contribution in [0.2, 0.25) is 0 Å². The Balaban J connectivity index is 1.34. The highest BCUT2D eigenvalue weighted by Crippen LogP contribution is 2.43. The standard InChI is InChI=1S/C43H39N11O4/c1-5-44-39-49-30(50-40(51-39)45-6-2)21-22-17-18-23(32-31(22)35(55)25-13-9-10-14-26(25)36(32)56)24-19-20-29(48-43-53-41(46-7-3)52-42(54-43)47-8-4)34-33(24)37(57)27-15-11-12-16-28(27)38(34)58/h9-20H,5-8,21H2,1-4H3,(H2,44,45,49,50,51)(H3,46,47,48,52,53,54). The van der Waals surface area contributed by atoms with E-state index in [1.54, 1.807) is 72.8 Å². The van der Waals surface area contributed by atoms with Crippen molar-refractivity contribution in [2.24, 2.45) is 0 Å². The summed E-state index contributed by atoms with van der Waals surface area (Å²) in [7, 11) is 0. The van der Waals surface area contributed by atoms with Gasteiger partial charge in [0.1, 0.15) is 5.82 Å². The third-order valence-corrected chi connectivity index (χ3v) is 9.78. The first-order valence-corrected chi connectivity index (χ1v) is 19.2. The molecule has 2 aliphatic carbocycles. The SMILES string of the molecule is CCNc1nc(Cc2ccc(-c3ccc(Nc4nc(NCC)nc(NCC)n4)c4c3C(=O)c3ccccc3C4=O)c3c2C(=O)c2ccccc2C3=O)nc(NCC)n1. The molecule has 8 rings (SSSR count). The highest BCUT2D eigenvalue weighted by Gasteiger charge is 2.38. The summed E-state index contributed by atoms with van der Waals surface area (Å²) in [6.07, 6.45) is 0.102. The van der Waals surface area contributed by atoms with E-state index in [1.165, 1.54) is 0 Å². The smallest absolute Gasteiger partial charge is 0.233 e. The number of benzene rings is 4. The number of hydrogen-bond donors (Lipinski definition) is 5. The normalized spacial score (nSPS) is 12.6. The molecule has 0 saturated heterocycles. The molecule has 0 radical (unpaired) electrons. The number of anilines is 6. The van der Waals surface area contributed by atoms with E-state index in [0.717, 1.165) is 0 Å². The summed E-state index contributed by atoms with van der Waals surface area (Å²) in [5.74, 6) is 0.359. The van der Waals surface area contributed by atoms with E-state index in [1.807, 2.05) is 27.7 Å². The molecule has 6 aromatic rings. The third-order valence-electron chi connectivity index (χ3n) is 9.78. The molecule has 5 N–H and O–H groups in total. The fourth-order valence-electron chi connectivity index (χ4n) is 7.38. The number of nitrogens with zero attached hydrogens (tertiary/aromatic N) is 6.